The molecule has 1 unspecified atom stereocenters. The van der Waals surface area contributed by atoms with Crippen molar-refractivity contribution in [2.75, 3.05) is 13.2 Å². The molecule has 0 radical (unpaired) electrons. The van der Waals surface area contributed by atoms with Crippen LogP contribution in [0.15, 0.2) is 30.3 Å². The Morgan fingerprint density at radius 2 is 1.93 bits per heavy atom. The van der Waals surface area contributed by atoms with Crippen molar-refractivity contribution >= 4 is 18.4 Å². The molecule has 0 aromatic heterocycles. The molecule has 1 aromatic rings. The Labute approximate surface area is 94.3 Å². The number of aliphatic hydroxyl groups excluding tert-OH is 1. The molecule has 1 rings (SSSR count). The standard InChI is InChI=1S/C10H13NO3.ClH/c12-7-6-11-9(10(13)14)8-4-2-1-3-5-8;/h1-5,9,11-12H,6-7H2,(H,13,14);1H. The van der Waals surface area contributed by atoms with Crippen LogP contribution in [0.1, 0.15) is 11.6 Å². The van der Waals surface area contributed by atoms with Crippen molar-refractivity contribution in [2.24, 2.45) is 0 Å². The maximum Gasteiger partial charge on any atom is 0.325 e. The Morgan fingerprint density at radius 1 is 1.33 bits per heavy atom. The molecule has 0 heterocycles. The molecule has 0 saturated heterocycles. The number of rotatable bonds is 5. The van der Waals surface area contributed by atoms with Crippen LogP contribution in [0.3, 0.4) is 0 Å². The molecule has 0 spiro atoms. The first-order chi connectivity index (χ1) is 6.75. The van der Waals surface area contributed by atoms with Gasteiger partial charge in [-0.05, 0) is 5.56 Å². The molecule has 0 aliphatic heterocycles. The number of carboxylic acid groups (broad SMARTS) is 1. The first-order valence-electron chi connectivity index (χ1n) is 4.37. The van der Waals surface area contributed by atoms with Crippen LogP contribution in [0, 0.1) is 0 Å². The third kappa shape index (κ3) is 4.29. The highest BCUT2D eigenvalue weighted by Crippen LogP contribution is 2.11. The van der Waals surface area contributed by atoms with Gasteiger partial charge in [0.05, 0.1) is 6.61 Å². The van der Waals surface area contributed by atoms with Gasteiger partial charge in [-0.15, -0.1) is 12.4 Å². The van der Waals surface area contributed by atoms with E-state index in [1.165, 1.54) is 0 Å². The van der Waals surface area contributed by atoms with Gasteiger partial charge in [0.2, 0.25) is 0 Å². The summed E-state index contributed by atoms with van der Waals surface area (Å²) in [6, 6.07) is 8.13. The molecule has 0 fully saturated rings. The fourth-order valence-corrected chi connectivity index (χ4v) is 1.20. The number of benzene rings is 1. The number of aliphatic hydroxyl groups is 1. The van der Waals surface area contributed by atoms with Gasteiger partial charge in [0.1, 0.15) is 6.04 Å². The summed E-state index contributed by atoms with van der Waals surface area (Å²) in [5, 5.41) is 20.2. The van der Waals surface area contributed by atoms with E-state index in [1.54, 1.807) is 24.3 Å². The summed E-state index contributed by atoms with van der Waals surface area (Å²) < 4.78 is 0. The van der Waals surface area contributed by atoms with Gasteiger partial charge in [0.15, 0.2) is 0 Å². The number of aliphatic carboxylic acids is 1. The average Bonchev–Trinajstić information content (AvgIpc) is 2.19. The lowest BCUT2D eigenvalue weighted by Crippen LogP contribution is -2.30. The van der Waals surface area contributed by atoms with Gasteiger partial charge in [-0.3, -0.25) is 10.1 Å². The number of carboxylic acids is 1. The van der Waals surface area contributed by atoms with E-state index in [4.69, 9.17) is 10.2 Å². The van der Waals surface area contributed by atoms with E-state index in [1.807, 2.05) is 6.07 Å². The molecule has 84 valence electrons. The number of nitrogens with one attached hydrogen (secondary N) is 1. The van der Waals surface area contributed by atoms with Crippen LogP contribution in [-0.2, 0) is 4.79 Å². The topological polar surface area (TPSA) is 69.6 Å². The number of hydrogen-bond donors (Lipinski definition) is 3. The van der Waals surface area contributed by atoms with Gasteiger partial charge in [-0.2, -0.15) is 0 Å². The number of halogens is 1. The Hall–Kier alpha value is -1.10. The molecule has 15 heavy (non-hydrogen) atoms. The molecule has 0 bridgehead atoms. The first kappa shape index (κ1) is 13.9. The summed E-state index contributed by atoms with van der Waals surface area (Å²) in [5.74, 6) is -0.940. The van der Waals surface area contributed by atoms with Crippen molar-refractivity contribution in [3.8, 4) is 0 Å². The van der Waals surface area contributed by atoms with E-state index in [9.17, 15) is 4.79 Å². The Kier molecular flexibility index (Phi) is 6.70. The highest BCUT2D eigenvalue weighted by Gasteiger charge is 2.17. The third-order valence-electron chi connectivity index (χ3n) is 1.84. The van der Waals surface area contributed by atoms with E-state index in [-0.39, 0.29) is 25.6 Å². The molecule has 1 atom stereocenters. The largest absolute Gasteiger partial charge is 0.480 e. The zero-order valence-electron chi connectivity index (χ0n) is 8.09. The fourth-order valence-electron chi connectivity index (χ4n) is 1.20. The van der Waals surface area contributed by atoms with Crippen molar-refractivity contribution in [2.45, 2.75) is 6.04 Å². The lowest BCUT2D eigenvalue weighted by Gasteiger charge is -2.13. The SMILES string of the molecule is Cl.O=C(O)C(NCCO)c1ccccc1. The van der Waals surface area contributed by atoms with E-state index >= 15 is 0 Å². The normalized spacial score (nSPS) is 11.5. The molecule has 4 nitrogen and oxygen atoms in total. The van der Waals surface area contributed by atoms with Crippen molar-refractivity contribution in [1.29, 1.82) is 0 Å². The number of carbonyl (C=O) groups is 1. The fraction of sp³-hybridized carbons (Fsp3) is 0.300. The third-order valence-corrected chi connectivity index (χ3v) is 1.84. The second kappa shape index (κ2) is 7.23. The minimum Gasteiger partial charge on any atom is -0.480 e. The molecular weight excluding hydrogens is 218 g/mol. The summed E-state index contributed by atoms with van der Waals surface area (Å²) >= 11 is 0. The van der Waals surface area contributed by atoms with E-state index in [0.29, 0.717) is 5.56 Å². The lowest BCUT2D eigenvalue weighted by atomic mass is 10.1. The minimum absolute atomic E-state index is 0. The predicted molar refractivity (Wildman–Crippen MR) is 59.2 cm³/mol. The maximum atomic E-state index is 10.9. The van der Waals surface area contributed by atoms with Gasteiger partial charge >= 0.3 is 5.97 Å². The van der Waals surface area contributed by atoms with E-state index < -0.39 is 12.0 Å². The van der Waals surface area contributed by atoms with Crippen molar-refractivity contribution in [1.82, 2.24) is 5.32 Å². The number of hydrogen-bond acceptors (Lipinski definition) is 3. The van der Waals surface area contributed by atoms with Crippen LogP contribution in [0.5, 0.6) is 0 Å². The minimum atomic E-state index is -0.940. The quantitative estimate of drug-likeness (QED) is 0.702. The summed E-state index contributed by atoms with van der Waals surface area (Å²) in [7, 11) is 0. The van der Waals surface area contributed by atoms with Gasteiger partial charge in [0, 0.05) is 6.54 Å². The van der Waals surface area contributed by atoms with Crippen LogP contribution in [0.25, 0.3) is 0 Å². The van der Waals surface area contributed by atoms with Gasteiger partial charge < -0.3 is 10.2 Å². The second-order valence-electron chi connectivity index (χ2n) is 2.86. The van der Waals surface area contributed by atoms with Crippen molar-refractivity contribution in [3.05, 3.63) is 35.9 Å². The first-order valence-corrected chi connectivity index (χ1v) is 4.37. The van der Waals surface area contributed by atoms with Crippen LogP contribution in [0.2, 0.25) is 0 Å². The lowest BCUT2D eigenvalue weighted by molar-refractivity contribution is -0.139. The van der Waals surface area contributed by atoms with Crippen LogP contribution in [-0.4, -0.2) is 29.3 Å². The molecule has 0 aliphatic rings. The Morgan fingerprint density at radius 3 is 2.40 bits per heavy atom. The van der Waals surface area contributed by atoms with Gasteiger partial charge in [-0.1, -0.05) is 30.3 Å². The summed E-state index contributed by atoms with van der Waals surface area (Å²) in [4.78, 5) is 10.9. The molecule has 5 heteroatoms. The van der Waals surface area contributed by atoms with Crippen LogP contribution in [0.4, 0.5) is 0 Å². The highest BCUT2D eigenvalue weighted by atomic mass is 35.5. The van der Waals surface area contributed by atoms with Crippen LogP contribution < -0.4 is 5.32 Å². The monoisotopic (exact) mass is 231 g/mol. The molecular formula is C10H14ClNO3. The maximum absolute atomic E-state index is 10.9. The summed E-state index contributed by atoms with van der Waals surface area (Å²) in [6.45, 7) is 0.197. The average molecular weight is 232 g/mol. The molecule has 0 aliphatic carbocycles. The highest BCUT2D eigenvalue weighted by molar-refractivity contribution is 5.85. The zero-order chi connectivity index (χ0) is 10.4. The smallest absolute Gasteiger partial charge is 0.325 e. The van der Waals surface area contributed by atoms with Crippen LogP contribution >= 0.6 is 12.4 Å². The molecule has 1 aromatic carbocycles. The van der Waals surface area contributed by atoms with E-state index in [2.05, 4.69) is 5.32 Å². The Bertz CT molecular complexity index is 292. The van der Waals surface area contributed by atoms with E-state index in [0.717, 1.165) is 0 Å². The molecule has 0 amide bonds. The van der Waals surface area contributed by atoms with Gasteiger partial charge in [-0.25, -0.2) is 0 Å². The second-order valence-corrected chi connectivity index (χ2v) is 2.86. The molecule has 3 N–H and O–H groups in total. The Balaban J connectivity index is 0.00000196. The van der Waals surface area contributed by atoms with Gasteiger partial charge in [0.25, 0.3) is 0 Å². The van der Waals surface area contributed by atoms with Crippen molar-refractivity contribution in [3.63, 3.8) is 0 Å². The molecule has 0 saturated carbocycles. The summed E-state index contributed by atoms with van der Waals surface area (Å²) in [6.07, 6.45) is 0. The summed E-state index contributed by atoms with van der Waals surface area (Å²) in [5.41, 5.74) is 0.688. The van der Waals surface area contributed by atoms with Crippen molar-refractivity contribution < 1.29 is 15.0 Å². The zero-order valence-corrected chi connectivity index (χ0v) is 8.91. The predicted octanol–water partition coefficient (Wildman–Crippen LogP) is 0.816.